The molecule has 0 bridgehead atoms. The molecule has 0 radical (unpaired) electrons. The van der Waals surface area contributed by atoms with E-state index in [1.165, 1.54) is 0 Å². The van der Waals surface area contributed by atoms with Crippen LogP contribution in [0, 0.1) is 6.92 Å². The Hall–Kier alpha value is -4.71. The lowest BCUT2D eigenvalue weighted by atomic mass is 10.1. The number of carbonyl (C=O) groups is 1. The Balaban J connectivity index is 1.47. The number of benzene rings is 3. The minimum atomic E-state index is -0.204. The van der Waals surface area contributed by atoms with Crippen LogP contribution >= 0.6 is 0 Å². The fraction of sp³-hybridized carbons (Fsp3) is 0.0690. The number of pyridine rings is 2. The summed E-state index contributed by atoms with van der Waals surface area (Å²) in [4.78, 5) is 31.3. The van der Waals surface area contributed by atoms with Crippen LogP contribution in [0.15, 0.2) is 102 Å². The summed E-state index contributed by atoms with van der Waals surface area (Å²) in [5, 5.41) is 4.30. The van der Waals surface area contributed by atoms with E-state index in [0.29, 0.717) is 22.3 Å². The quantitative estimate of drug-likeness (QED) is 0.359. The number of para-hydroxylation sites is 2. The number of amides is 1. The van der Waals surface area contributed by atoms with Crippen LogP contribution in [0.4, 0.5) is 5.82 Å². The van der Waals surface area contributed by atoms with Gasteiger partial charge in [0.15, 0.2) is 5.43 Å². The summed E-state index contributed by atoms with van der Waals surface area (Å²) < 4.78 is 3.81. The molecule has 3 aromatic heterocycles. The van der Waals surface area contributed by atoms with Crippen LogP contribution in [0.2, 0.25) is 0 Å². The maximum Gasteiger partial charge on any atom is 0.245 e. The van der Waals surface area contributed by atoms with Crippen LogP contribution in [0.3, 0.4) is 0 Å². The monoisotopic (exact) mass is 458 g/mol. The van der Waals surface area contributed by atoms with Crippen molar-refractivity contribution < 1.29 is 4.79 Å². The standard InChI is InChI=1S/C29H22N4O2/c1-19-15-16-25-30-27(20-9-3-2-4-10-20)29(33(25)17-19)31-26(34)18-32-23-13-7-5-11-21(23)28(35)22-12-6-8-14-24(22)32/h2-17H,18H2,1H3,(H,31,34). The molecule has 6 aromatic rings. The van der Waals surface area contributed by atoms with Crippen molar-refractivity contribution in [2.45, 2.75) is 13.5 Å². The Morgan fingerprint density at radius 3 is 2.14 bits per heavy atom. The second kappa shape index (κ2) is 8.25. The molecular weight excluding hydrogens is 436 g/mol. The van der Waals surface area contributed by atoms with Crippen LogP contribution in [0.5, 0.6) is 0 Å². The van der Waals surface area contributed by atoms with Gasteiger partial charge in [-0.15, -0.1) is 0 Å². The maximum absolute atomic E-state index is 13.5. The Bertz CT molecular complexity index is 1740. The molecular formula is C29H22N4O2. The Morgan fingerprint density at radius 2 is 1.46 bits per heavy atom. The molecule has 0 saturated heterocycles. The number of nitrogens with zero attached hydrogens (tertiary/aromatic N) is 3. The van der Waals surface area contributed by atoms with E-state index in [-0.39, 0.29) is 17.9 Å². The first-order valence-electron chi connectivity index (χ1n) is 11.4. The smallest absolute Gasteiger partial charge is 0.245 e. The molecule has 0 fully saturated rings. The number of nitrogens with one attached hydrogen (secondary N) is 1. The number of hydrogen-bond acceptors (Lipinski definition) is 3. The van der Waals surface area contributed by atoms with Crippen molar-refractivity contribution in [2.75, 3.05) is 5.32 Å². The van der Waals surface area contributed by atoms with Gasteiger partial charge in [0.25, 0.3) is 0 Å². The summed E-state index contributed by atoms with van der Waals surface area (Å²) >= 11 is 0. The van der Waals surface area contributed by atoms with E-state index in [1.54, 1.807) is 12.1 Å². The van der Waals surface area contributed by atoms with Gasteiger partial charge in [-0.05, 0) is 42.8 Å². The lowest BCUT2D eigenvalue weighted by Gasteiger charge is -2.15. The van der Waals surface area contributed by atoms with Gasteiger partial charge in [-0.3, -0.25) is 14.0 Å². The van der Waals surface area contributed by atoms with Gasteiger partial charge in [-0.1, -0.05) is 60.7 Å². The van der Waals surface area contributed by atoms with Crippen molar-refractivity contribution in [2.24, 2.45) is 0 Å². The third kappa shape index (κ3) is 3.56. The predicted octanol–water partition coefficient (Wildman–Crippen LogP) is 5.42. The highest BCUT2D eigenvalue weighted by atomic mass is 16.2. The van der Waals surface area contributed by atoms with Crippen molar-refractivity contribution in [1.29, 1.82) is 0 Å². The zero-order chi connectivity index (χ0) is 23.9. The van der Waals surface area contributed by atoms with Gasteiger partial charge in [0, 0.05) is 22.5 Å². The fourth-order valence-electron chi connectivity index (χ4n) is 4.63. The van der Waals surface area contributed by atoms with Crippen LogP contribution in [0.25, 0.3) is 38.7 Å². The van der Waals surface area contributed by atoms with Gasteiger partial charge in [-0.2, -0.15) is 0 Å². The number of aryl methyl sites for hydroxylation is 1. The first-order valence-corrected chi connectivity index (χ1v) is 11.4. The largest absolute Gasteiger partial charge is 0.331 e. The van der Waals surface area contributed by atoms with Crippen molar-refractivity contribution in [3.63, 3.8) is 0 Å². The number of anilines is 1. The molecule has 0 aliphatic rings. The van der Waals surface area contributed by atoms with Crippen LogP contribution in [-0.4, -0.2) is 19.9 Å². The number of hydrogen-bond donors (Lipinski definition) is 1. The van der Waals surface area contributed by atoms with Gasteiger partial charge in [-0.25, -0.2) is 4.98 Å². The highest BCUT2D eigenvalue weighted by Gasteiger charge is 2.18. The molecule has 6 rings (SSSR count). The fourth-order valence-corrected chi connectivity index (χ4v) is 4.63. The molecule has 1 N–H and O–H groups in total. The third-order valence-electron chi connectivity index (χ3n) is 6.25. The molecule has 0 unspecified atom stereocenters. The molecule has 6 nitrogen and oxygen atoms in total. The first kappa shape index (κ1) is 20.9. The van der Waals surface area contributed by atoms with E-state index in [0.717, 1.165) is 27.8 Å². The molecule has 0 saturated carbocycles. The third-order valence-corrected chi connectivity index (χ3v) is 6.25. The highest BCUT2D eigenvalue weighted by Crippen LogP contribution is 2.29. The summed E-state index contributed by atoms with van der Waals surface area (Å²) in [5.41, 5.74) is 4.86. The van der Waals surface area contributed by atoms with Gasteiger partial charge < -0.3 is 9.88 Å². The molecule has 3 aromatic carbocycles. The van der Waals surface area contributed by atoms with Gasteiger partial charge in [0.1, 0.15) is 23.7 Å². The second-order valence-corrected chi connectivity index (χ2v) is 8.61. The maximum atomic E-state index is 13.5. The average Bonchev–Trinajstić information content (AvgIpc) is 3.24. The summed E-state index contributed by atoms with van der Waals surface area (Å²) in [7, 11) is 0. The normalized spacial score (nSPS) is 11.3. The summed E-state index contributed by atoms with van der Waals surface area (Å²) in [5.74, 6) is 0.416. The summed E-state index contributed by atoms with van der Waals surface area (Å²) in [6, 6.07) is 28.6. The zero-order valence-corrected chi connectivity index (χ0v) is 19.1. The number of aromatic nitrogens is 3. The first-order chi connectivity index (χ1) is 17.1. The molecule has 0 aliphatic carbocycles. The minimum absolute atomic E-state index is 0.0310. The van der Waals surface area contributed by atoms with E-state index in [4.69, 9.17) is 4.98 Å². The number of rotatable bonds is 4. The Morgan fingerprint density at radius 1 is 0.829 bits per heavy atom. The van der Waals surface area contributed by atoms with Gasteiger partial charge >= 0.3 is 0 Å². The summed E-state index contributed by atoms with van der Waals surface area (Å²) in [6.07, 6.45) is 1.97. The van der Waals surface area contributed by atoms with Crippen molar-refractivity contribution in [1.82, 2.24) is 14.0 Å². The van der Waals surface area contributed by atoms with E-state index in [2.05, 4.69) is 5.32 Å². The van der Waals surface area contributed by atoms with E-state index < -0.39 is 0 Å². The van der Waals surface area contributed by atoms with Crippen molar-refractivity contribution in [3.8, 4) is 11.3 Å². The van der Waals surface area contributed by atoms with Crippen LogP contribution in [-0.2, 0) is 11.3 Å². The Kier molecular flexibility index (Phi) is 4.92. The van der Waals surface area contributed by atoms with E-state index >= 15 is 0 Å². The van der Waals surface area contributed by atoms with Crippen LogP contribution in [0.1, 0.15) is 5.56 Å². The molecule has 35 heavy (non-hydrogen) atoms. The Labute approximate surface area is 201 Å². The van der Waals surface area contributed by atoms with Gasteiger partial charge in [0.05, 0.1) is 11.0 Å². The molecule has 0 spiro atoms. The SMILES string of the molecule is Cc1ccc2nc(-c3ccccc3)c(NC(=O)Cn3c4ccccc4c(=O)c4ccccc43)n2c1. The minimum Gasteiger partial charge on any atom is -0.331 e. The van der Waals surface area contributed by atoms with Gasteiger partial charge in [0.2, 0.25) is 5.91 Å². The summed E-state index contributed by atoms with van der Waals surface area (Å²) in [6.45, 7) is 2.06. The van der Waals surface area contributed by atoms with Crippen molar-refractivity contribution >= 4 is 39.2 Å². The number of carbonyl (C=O) groups excluding carboxylic acids is 1. The zero-order valence-electron chi connectivity index (χ0n) is 19.1. The second-order valence-electron chi connectivity index (χ2n) is 8.61. The predicted molar refractivity (Wildman–Crippen MR) is 140 cm³/mol. The number of fused-ring (bicyclic) bond motifs is 3. The topological polar surface area (TPSA) is 68.4 Å². The molecule has 1 amide bonds. The molecule has 6 heteroatoms. The average molecular weight is 459 g/mol. The lowest BCUT2D eigenvalue weighted by molar-refractivity contribution is -0.116. The van der Waals surface area contributed by atoms with E-state index in [1.807, 2.05) is 101 Å². The highest BCUT2D eigenvalue weighted by molar-refractivity contribution is 5.98. The lowest BCUT2D eigenvalue weighted by Crippen LogP contribution is -2.22. The molecule has 3 heterocycles. The van der Waals surface area contributed by atoms with E-state index in [9.17, 15) is 9.59 Å². The van der Waals surface area contributed by atoms with Crippen molar-refractivity contribution in [3.05, 3.63) is 113 Å². The molecule has 0 aliphatic heterocycles. The molecule has 0 atom stereocenters. The number of imidazole rings is 1. The molecule has 170 valence electrons. The van der Waals surface area contributed by atoms with Crippen LogP contribution < -0.4 is 10.7 Å².